The zero-order chi connectivity index (χ0) is 16.2. The molecule has 0 N–H and O–H groups in total. The maximum atomic E-state index is 4.70. The fraction of sp³-hybridized carbons (Fsp3) is 0.474. The first kappa shape index (κ1) is 15.9. The Kier molecular flexibility index (Phi) is 4.99. The second kappa shape index (κ2) is 7.53. The molecule has 5 heteroatoms. The second-order valence-electron chi connectivity index (χ2n) is 6.58. The van der Waals surface area contributed by atoms with Gasteiger partial charge in [-0.2, -0.15) is 0 Å². The molecule has 2 fully saturated rings. The number of anilines is 1. The van der Waals surface area contributed by atoms with E-state index in [0.717, 1.165) is 34.9 Å². The maximum absolute atomic E-state index is 4.70. The van der Waals surface area contributed by atoms with Gasteiger partial charge in [0.05, 0.1) is 0 Å². The van der Waals surface area contributed by atoms with Crippen LogP contribution in [-0.2, 0) is 0 Å². The Balaban J connectivity index is 1.37. The van der Waals surface area contributed by atoms with Crippen LogP contribution in [0.1, 0.15) is 25.7 Å². The molecule has 1 saturated carbocycles. The first-order valence-electron chi connectivity index (χ1n) is 8.92. The van der Waals surface area contributed by atoms with Crippen molar-refractivity contribution in [1.82, 2.24) is 14.9 Å². The monoisotopic (exact) mass is 340 g/mol. The number of hydrogen-bond acceptors (Lipinski definition) is 5. The van der Waals surface area contributed by atoms with E-state index in [0.29, 0.717) is 0 Å². The zero-order valence-electron chi connectivity index (χ0n) is 14.0. The van der Waals surface area contributed by atoms with Gasteiger partial charge in [-0.15, -0.1) is 0 Å². The Morgan fingerprint density at radius 2 is 1.88 bits per heavy atom. The van der Waals surface area contributed by atoms with Crippen LogP contribution in [0, 0.1) is 0 Å². The Labute approximate surface area is 148 Å². The molecule has 1 aliphatic carbocycles. The average Bonchev–Trinajstić information content (AvgIpc) is 2.81. The fourth-order valence-corrected chi connectivity index (χ4v) is 4.17. The Hall–Kier alpha value is -1.59. The summed E-state index contributed by atoms with van der Waals surface area (Å²) in [6.07, 6.45) is 9.26. The van der Waals surface area contributed by atoms with Crippen LogP contribution in [-0.4, -0.2) is 47.1 Å². The lowest BCUT2D eigenvalue weighted by atomic mass is 9.91. The van der Waals surface area contributed by atoms with Gasteiger partial charge >= 0.3 is 0 Å². The van der Waals surface area contributed by atoms with Crippen LogP contribution in [0.4, 0.5) is 5.82 Å². The molecule has 0 aromatic carbocycles. The number of rotatable bonds is 4. The number of hydrogen-bond donors (Lipinski definition) is 0. The summed E-state index contributed by atoms with van der Waals surface area (Å²) in [5, 5.41) is 1.01. The van der Waals surface area contributed by atoms with Crippen molar-refractivity contribution in [2.75, 3.05) is 31.1 Å². The molecule has 24 heavy (non-hydrogen) atoms. The van der Waals surface area contributed by atoms with Crippen LogP contribution < -0.4 is 4.90 Å². The lowest BCUT2D eigenvalue weighted by Gasteiger charge is -2.36. The minimum atomic E-state index is 0.857. The first-order valence-corrected chi connectivity index (χ1v) is 9.74. The van der Waals surface area contributed by atoms with Gasteiger partial charge in [-0.1, -0.05) is 24.2 Å². The molecule has 2 aromatic rings. The third-order valence-electron chi connectivity index (χ3n) is 5.03. The molecule has 3 heterocycles. The third kappa shape index (κ3) is 3.73. The smallest absolute Gasteiger partial charge is 0.128 e. The van der Waals surface area contributed by atoms with Crippen LogP contribution in [0.15, 0.2) is 52.6 Å². The Bertz CT molecular complexity index is 642. The van der Waals surface area contributed by atoms with Crippen molar-refractivity contribution < 1.29 is 0 Å². The predicted octanol–water partition coefficient (Wildman–Crippen LogP) is 3.69. The summed E-state index contributed by atoms with van der Waals surface area (Å²) < 4.78 is 0. The van der Waals surface area contributed by atoms with Crippen molar-refractivity contribution in [3.8, 4) is 0 Å². The van der Waals surface area contributed by atoms with E-state index in [1.54, 1.807) is 11.8 Å². The molecule has 2 aliphatic rings. The summed E-state index contributed by atoms with van der Waals surface area (Å²) in [6, 6.07) is 11.2. The van der Waals surface area contributed by atoms with E-state index in [9.17, 15) is 0 Å². The molecule has 0 bridgehead atoms. The van der Waals surface area contributed by atoms with Crippen molar-refractivity contribution in [2.45, 2.75) is 41.6 Å². The molecular formula is C19H24N4S. The first-order chi connectivity index (χ1) is 11.9. The van der Waals surface area contributed by atoms with E-state index in [-0.39, 0.29) is 0 Å². The van der Waals surface area contributed by atoms with Crippen molar-refractivity contribution in [2.24, 2.45) is 0 Å². The van der Waals surface area contributed by atoms with Gasteiger partial charge in [-0.25, -0.2) is 9.97 Å². The van der Waals surface area contributed by atoms with Crippen molar-refractivity contribution in [3.63, 3.8) is 0 Å². The molecule has 2 aromatic heterocycles. The third-order valence-corrected chi connectivity index (χ3v) is 5.95. The van der Waals surface area contributed by atoms with Gasteiger partial charge in [0.25, 0.3) is 0 Å². The highest BCUT2D eigenvalue weighted by Gasteiger charge is 2.26. The number of aromatic nitrogens is 2. The molecule has 4 rings (SSSR count). The van der Waals surface area contributed by atoms with Crippen molar-refractivity contribution >= 4 is 17.6 Å². The molecule has 1 aliphatic heterocycles. The van der Waals surface area contributed by atoms with Gasteiger partial charge in [-0.3, -0.25) is 4.90 Å². The van der Waals surface area contributed by atoms with Crippen LogP contribution in [0.5, 0.6) is 0 Å². The van der Waals surface area contributed by atoms with Gasteiger partial charge in [0, 0.05) is 49.5 Å². The summed E-state index contributed by atoms with van der Waals surface area (Å²) in [7, 11) is 0. The summed E-state index contributed by atoms with van der Waals surface area (Å²) >= 11 is 1.66. The van der Waals surface area contributed by atoms with E-state index in [4.69, 9.17) is 4.98 Å². The lowest BCUT2D eigenvalue weighted by Crippen LogP contribution is -2.42. The van der Waals surface area contributed by atoms with E-state index >= 15 is 0 Å². The highest BCUT2D eigenvalue weighted by Crippen LogP contribution is 2.28. The summed E-state index contributed by atoms with van der Waals surface area (Å²) in [4.78, 5) is 15.3. The maximum Gasteiger partial charge on any atom is 0.128 e. The molecule has 0 spiro atoms. The largest absolute Gasteiger partial charge is 0.355 e. The predicted molar refractivity (Wildman–Crippen MR) is 98.6 cm³/mol. The van der Waals surface area contributed by atoms with Gasteiger partial charge in [0.1, 0.15) is 10.8 Å². The van der Waals surface area contributed by atoms with Gasteiger partial charge in [0.2, 0.25) is 0 Å². The average molecular weight is 340 g/mol. The standard InChI is InChI=1S/C19H24N4S/c1-2-10-20-19(7-1)24-17-8-9-18(21-15-17)23-12-4-11-22(13-14-23)16-5-3-6-16/h1-2,7-10,15-16H,3-6,11-14H2. The highest BCUT2D eigenvalue weighted by molar-refractivity contribution is 7.99. The Morgan fingerprint density at radius 3 is 2.58 bits per heavy atom. The quantitative estimate of drug-likeness (QED) is 0.847. The van der Waals surface area contributed by atoms with Gasteiger partial charge in [0.15, 0.2) is 0 Å². The van der Waals surface area contributed by atoms with Crippen LogP contribution >= 0.6 is 11.8 Å². The summed E-state index contributed by atoms with van der Waals surface area (Å²) in [5.41, 5.74) is 0. The number of nitrogens with zero attached hydrogens (tertiary/aromatic N) is 4. The van der Waals surface area contributed by atoms with Gasteiger partial charge in [-0.05, 0) is 43.5 Å². The van der Waals surface area contributed by atoms with Gasteiger partial charge < -0.3 is 4.90 Å². The fourth-order valence-electron chi connectivity index (χ4n) is 3.43. The molecule has 0 unspecified atom stereocenters. The molecule has 0 amide bonds. The highest BCUT2D eigenvalue weighted by atomic mass is 32.2. The topological polar surface area (TPSA) is 32.3 Å². The lowest BCUT2D eigenvalue weighted by molar-refractivity contribution is 0.136. The normalized spacial score (nSPS) is 19.8. The van der Waals surface area contributed by atoms with Crippen LogP contribution in [0.25, 0.3) is 0 Å². The molecule has 1 saturated heterocycles. The molecule has 4 nitrogen and oxygen atoms in total. The molecule has 0 atom stereocenters. The molecule has 0 radical (unpaired) electrons. The minimum Gasteiger partial charge on any atom is -0.355 e. The van der Waals surface area contributed by atoms with Crippen LogP contribution in [0.2, 0.25) is 0 Å². The number of pyridine rings is 2. The Morgan fingerprint density at radius 1 is 0.917 bits per heavy atom. The molecule has 126 valence electrons. The van der Waals surface area contributed by atoms with E-state index in [1.165, 1.54) is 38.8 Å². The minimum absolute atomic E-state index is 0.857. The van der Waals surface area contributed by atoms with Crippen LogP contribution in [0.3, 0.4) is 0 Å². The molecular weight excluding hydrogens is 316 g/mol. The summed E-state index contributed by atoms with van der Waals surface area (Å²) in [6.45, 7) is 4.63. The van der Waals surface area contributed by atoms with Crippen molar-refractivity contribution in [1.29, 1.82) is 0 Å². The summed E-state index contributed by atoms with van der Waals surface area (Å²) in [5.74, 6) is 1.11. The SMILES string of the molecule is c1ccc(Sc2ccc(N3CCCN(C4CCC4)CC3)nc2)nc1. The second-order valence-corrected chi connectivity index (χ2v) is 7.68. The van der Waals surface area contributed by atoms with Crippen molar-refractivity contribution in [3.05, 3.63) is 42.7 Å². The zero-order valence-corrected chi connectivity index (χ0v) is 14.8. The van der Waals surface area contributed by atoms with E-state index in [2.05, 4.69) is 26.9 Å². The van der Waals surface area contributed by atoms with E-state index in [1.807, 2.05) is 30.6 Å². The van der Waals surface area contributed by atoms with E-state index < -0.39 is 0 Å².